The van der Waals surface area contributed by atoms with Gasteiger partial charge in [-0.3, -0.25) is 14.9 Å². The molecular formula is C32H42N4O6. The molecule has 10 nitrogen and oxygen atoms in total. The number of esters is 1. The van der Waals surface area contributed by atoms with Gasteiger partial charge in [0.2, 0.25) is 12.2 Å². The summed E-state index contributed by atoms with van der Waals surface area (Å²) in [6, 6.07) is 12.8. The van der Waals surface area contributed by atoms with Crippen molar-refractivity contribution in [1.82, 2.24) is 15.3 Å². The number of amides is 1. The number of carbonyl (C=O) groups excluding carboxylic acids is 2. The van der Waals surface area contributed by atoms with E-state index in [2.05, 4.69) is 22.2 Å². The summed E-state index contributed by atoms with van der Waals surface area (Å²) >= 11 is 0. The van der Waals surface area contributed by atoms with E-state index in [-0.39, 0.29) is 17.0 Å². The number of aromatic amines is 1. The predicted octanol–water partition coefficient (Wildman–Crippen LogP) is 6.92. The van der Waals surface area contributed by atoms with Gasteiger partial charge in [-0.2, -0.15) is 0 Å². The summed E-state index contributed by atoms with van der Waals surface area (Å²) in [5.74, 6) is 0.0906. The monoisotopic (exact) mass is 578 g/mol. The SMILES string of the molecule is CCCCOC(CCC)OC(=O)c1ccc(C(Cc2ncc(-c3ccc([N+](=O)[O-])cc3)[nH]2)NC(=O)CC(C)(C)C)cc1. The van der Waals surface area contributed by atoms with Crippen LogP contribution < -0.4 is 5.32 Å². The van der Waals surface area contributed by atoms with Crippen LogP contribution in [0.1, 0.15) is 94.5 Å². The molecule has 0 radical (unpaired) electrons. The topological polar surface area (TPSA) is 136 Å². The van der Waals surface area contributed by atoms with Crippen molar-refractivity contribution in [2.75, 3.05) is 6.61 Å². The van der Waals surface area contributed by atoms with Gasteiger partial charge < -0.3 is 19.8 Å². The van der Waals surface area contributed by atoms with E-state index in [1.165, 1.54) is 12.1 Å². The number of nitrogens with one attached hydrogen (secondary N) is 2. The average molecular weight is 579 g/mol. The average Bonchev–Trinajstić information content (AvgIpc) is 3.40. The smallest absolute Gasteiger partial charge is 0.340 e. The van der Waals surface area contributed by atoms with Crippen LogP contribution in [0.4, 0.5) is 5.69 Å². The highest BCUT2D eigenvalue weighted by Crippen LogP contribution is 2.25. The molecule has 2 aromatic carbocycles. The zero-order chi connectivity index (χ0) is 30.7. The lowest BCUT2D eigenvalue weighted by molar-refractivity contribution is -0.384. The molecular weight excluding hydrogens is 536 g/mol. The highest BCUT2D eigenvalue weighted by Gasteiger charge is 2.23. The molecule has 1 heterocycles. The zero-order valence-electron chi connectivity index (χ0n) is 25.1. The maximum Gasteiger partial charge on any atom is 0.340 e. The van der Waals surface area contributed by atoms with E-state index in [0.29, 0.717) is 43.0 Å². The third-order valence-electron chi connectivity index (χ3n) is 6.55. The van der Waals surface area contributed by atoms with Crippen molar-refractivity contribution in [3.8, 4) is 11.3 Å². The second kappa shape index (κ2) is 15.3. The molecule has 0 bridgehead atoms. The number of benzene rings is 2. The number of aromatic nitrogens is 2. The van der Waals surface area contributed by atoms with Crippen molar-refractivity contribution >= 4 is 17.6 Å². The van der Waals surface area contributed by atoms with Gasteiger partial charge in [0.15, 0.2) is 0 Å². The molecule has 2 unspecified atom stereocenters. The molecule has 1 amide bonds. The third kappa shape index (κ3) is 10.1. The minimum Gasteiger partial charge on any atom is -0.432 e. The number of H-pyrrole nitrogens is 1. The Balaban J connectivity index is 1.77. The van der Waals surface area contributed by atoms with Crippen molar-refractivity contribution < 1.29 is 24.0 Å². The van der Waals surface area contributed by atoms with E-state index in [1.807, 2.05) is 39.8 Å². The lowest BCUT2D eigenvalue weighted by Crippen LogP contribution is -2.32. The van der Waals surface area contributed by atoms with Gasteiger partial charge in [-0.1, -0.05) is 59.6 Å². The van der Waals surface area contributed by atoms with Crippen LogP contribution in [-0.4, -0.2) is 39.7 Å². The van der Waals surface area contributed by atoms with Crippen molar-refractivity contribution in [2.45, 2.75) is 85.5 Å². The molecule has 0 saturated carbocycles. The van der Waals surface area contributed by atoms with E-state index in [0.717, 1.165) is 30.4 Å². The first-order chi connectivity index (χ1) is 20.0. The summed E-state index contributed by atoms with van der Waals surface area (Å²) in [6.45, 7) is 10.6. The lowest BCUT2D eigenvalue weighted by atomic mass is 9.91. The van der Waals surface area contributed by atoms with E-state index in [4.69, 9.17) is 9.47 Å². The highest BCUT2D eigenvalue weighted by molar-refractivity contribution is 5.89. The van der Waals surface area contributed by atoms with Gasteiger partial charge >= 0.3 is 5.97 Å². The second-order valence-electron chi connectivity index (χ2n) is 11.6. The van der Waals surface area contributed by atoms with Crippen LogP contribution in [0, 0.1) is 15.5 Å². The van der Waals surface area contributed by atoms with E-state index < -0.39 is 23.2 Å². The zero-order valence-corrected chi connectivity index (χ0v) is 25.1. The summed E-state index contributed by atoms with van der Waals surface area (Å²) in [7, 11) is 0. The van der Waals surface area contributed by atoms with Crippen LogP contribution in [0.3, 0.4) is 0 Å². The summed E-state index contributed by atoms with van der Waals surface area (Å²) in [5, 5.41) is 14.1. The lowest BCUT2D eigenvalue weighted by Gasteiger charge is -2.23. The minimum atomic E-state index is -0.581. The van der Waals surface area contributed by atoms with Gasteiger partial charge in [0, 0.05) is 37.0 Å². The Morgan fingerprint density at radius 3 is 2.33 bits per heavy atom. The van der Waals surface area contributed by atoms with E-state index in [9.17, 15) is 19.7 Å². The van der Waals surface area contributed by atoms with Crippen molar-refractivity contribution in [2.24, 2.45) is 5.41 Å². The van der Waals surface area contributed by atoms with Gasteiger partial charge in [0.25, 0.3) is 5.69 Å². The van der Waals surface area contributed by atoms with Crippen molar-refractivity contribution in [1.29, 1.82) is 0 Å². The number of imidazole rings is 1. The first-order valence-electron chi connectivity index (χ1n) is 14.5. The Kier molecular flexibility index (Phi) is 11.8. The van der Waals surface area contributed by atoms with Gasteiger partial charge in [-0.25, -0.2) is 9.78 Å². The Hall–Kier alpha value is -4.05. The quantitative estimate of drug-likeness (QED) is 0.0656. The van der Waals surface area contributed by atoms with Crippen LogP contribution in [0.25, 0.3) is 11.3 Å². The molecule has 10 heteroatoms. The molecule has 3 rings (SSSR count). The van der Waals surface area contributed by atoms with Crippen LogP contribution in [0.2, 0.25) is 0 Å². The molecule has 2 atom stereocenters. The fourth-order valence-electron chi connectivity index (χ4n) is 4.36. The molecule has 3 aromatic rings. The highest BCUT2D eigenvalue weighted by atomic mass is 16.7. The Morgan fingerprint density at radius 2 is 1.74 bits per heavy atom. The number of hydrogen-bond donors (Lipinski definition) is 2. The van der Waals surface area contributed by atoms with Gasteiger partial charge in [0.05, 0.1) is 35.0 Å². The summed E-state index contributed by atoms with van der Waals surface area (Å²) in [4.78, 5) is 44.1. The normalized spacial score (nSPS) is 12.9. The van der Waals surface area contributed by atoms with E-state index >= 15 is 0 Å². The molecule has 0 aliphatic heterocycles. The molecule has 0 saturated heterocycles. The van der Waals surface area contributed by atoms with Gasteiger partial charge in [-0.05, 0) is 41.7 Å². The summed E-state index contributed by atoms with van der Waals surface area (Å²) in [6.07, 6.45) is 5.16. The molecule has 0 aliphatic carbocycles. The molecule has 42 heavy (non-hydrogen) atoms. The number of carbonyl (C=O) groups is 2. The molecule has 2 N–H and O–H groups in total. The Labute approximate surface area is 247 Å². The fourth-order valence-corrected chi connectivity index (χ4v) is 4.36. The first-order valence-corrected chi connectivity index (χ1v) is 14.5. The molecule has 0 aliphatic rings. The molecule has 0 spiro atoms. The number of nitro benzene ring substituents is 1. The van der Waals surface area contributed by atoms with E-state index in [1.54, 1.807) is 30.5 Å². The predicted molar refractivity (Wildman–Crippen MR) is 161 cm³/mol. The van der Waals surface area contributed by atoms with Gasteiger partial charge in [-0.15, -0.1) is 0 Å². The number of rotatable bonds is 15. The van der Waals surface area contributed by atoms with Crippen LogP contribution >= 0.6 is 0 Å². The number of hydrogen-bond acceptors (Lipinski definition) is 7. The molecule has 1 aromatic heterocycles. The number of ether oxygens (including phenoxy) is 2. The van der Waals surface area contributed by atoms with Crippen molar-refractivity contribution in [3.63, 3.8) is 0 Å². The summed E-state index contributed by atoms with van der Waals surface area (Å²) < 4.78 is 11.4. The largest absolute Gasteiger partial charge is 0.432 e. The van der Waals surface area contributed by atoms with Crippen LogP contribution in [0.5, 0.6) is 0 Å². The van der Waals surface area contributed by atoms with Crippen LogP contribution in [0.15, 0.2) is 54.7 Å². The third-order valence-corrected chi connectivity index (χ3v) is 6.55. The Morgan fingerprint density at radius 1 is 1.05 bits per heavy atom. The Bertz CT molecular complexity index is 1310. The number of non-ortho nitro benzene ring substituents is 1. The summed E-state index contributed by atoms with van der Waals surface area (Å²) in [5.41, 5.74) is 2.50. The molecule has 226 valence electrons. The molecule has 0 fully saturated rings. The maximum atomic E-state index is 12.9. The van der Waals surface area contributed by atoms with Crippen LogP contribution in [-0.2, 0) is 20.7 Å². The standard InChI is InChI=1S/C32H42N4O6/c1-6-8-18-41-30(9-7-2)42-31(38)24-12-10-22(11-13-24)26(35-29(37)20-32(3,4)5)19-28-33-21-27(34-28)23-14-16-25(17-15-23)36(39)40/h10-17,21,26,30H,6-9,18-20H2,1-5H3,(H,33,34)(H,35,37). The minimum absolute atomic E-state index is 0.0114. The number of nitro groups is 1. The van der Waals surface area contributed by atoms with Crippen molar-refractivity contribution in [3.05, 3.63) is 81.8 Å². The number of unbranched alkanes of at least 4 members (excludes halogenated alkanes) is 1. The van der Waals surface area contributed by atoms with Gasteiger partial charge in [0.1, 0.15) is 5.82 Å². The number of nitrogens with zero attached hydrogens (tertiary/aromatic N) is 2. The maximum absolute atomic E-state index is 12.9. The second-order valence-corrected chi connectivity index (χ2v) is 11.6. The fraction of sp³-hybridized carbons (Fsp3) is 0.469. The first kappa shape index (κ1) is 32.5.